The van der Waals surface area contributed by atoms with Gasteiger partial charge in [-0.25, -0.2) is 5.32 Å². The van der Waals surface area contributed by atoms with Gasteiger partial charge in [0.1, 0.15) is 0 Å². The first kappa shape index (κ1) is 19.8. The zero-order chi connectivity index (χ0) is 20.4. The predicted molar refractivity (Wildman–Crippen MR) is 116 cm³/mol. The Hall–Kier alpha value is -2.52. The minimum atomic E-state index is -2.68. The summed E-state index contributed by atoms with van der Waals surface area (Å²) in [6.07, 6.45) is 0. The summed E-state index contributed by atoms with van der Waals surface area (Å²) in [5.74, 6) is -1.95. The van der Waals surface area contributed by atoms with Crippen LogP contribution in [0.15, 0.2) is 84.9 Å². The van der Waals surface area contributed by atoms with Crippen molar-refractivity contribution in [2.45, 2.75) is 11.6 Å². The van der Waals surface area contributed by atoms with Crippen LogP contribution in [0.4, 0.5) is 0 Å². The molecule has 0 aliphatic rings. The fraction of sp³-hybridized carbons (Fsp3) is 0.0909. The fourth-order valence-corrected chi connectivity index (χ4v) is 4.98. The number of hydrogen-bond acceptors (Lipinski definition) is 3. The van der Waals surface area contributed by atoms with Crippen molar-refractivity contribution < 1.29 is 18.9 Å². The van der Waals surface area contributed by atoms with Gasteiger partial charge in [-0.05, 0) is 42.8 Å². The van der Waals surface area contributed by atoms with Gasteiger partial charge in [-0.15, -0.1) is 0 Å². The topological polar surface area (TPSA) is 86.6 Å². The Morgan fingerprint density at radius 2 is 0.966 bits per heavy atom. The maximum absolute atomic E-state index is 12.1. The lowest BCUT2D eigenvalue weighted by atomic mass is 10.1. The highest BCUT2D eigenvalue weighted by Gasteiger charge is 2.41. The van der Waals surface area contributed by atoms with E-state index in [0.717, 1.165) is 21.5 Å². The van der Waals surface area contributed by atoms with Crippen LogP contribution >= 0.6 is 16.1 Å². The molecule has 29 heavy (non-hydrogen) atoms. The van der Waals surface area contributed by atoms with Gasteiger partial charge < -0.3 is 0 Å². The number of fused-ring (bicyclic) bond motifs is 2. The summed E-state index contributed by atoms with van der Waals surface area (Å²) in [5, 5.41) is 6.85. The van der Waals surface area contributed by atoms with Crippen molar-refractivity contribution in [2.24, 2.45) is 0 Å². The quantitative estimate of drug-likeness (QED) is 0.344. The summed E-state index contributed by atoms with van der Waals surface area (Å²) in [5.41, 5.74) is 1.19. The van der Waals surface area contributed by atoms with Gasteiger partial charge in [0, 0.05) is 11.1 Å². The molecule has 0 aromatic heterocycles. The minimum absolute atomic E-state index is 0.593. The van der Waals surface area contributed by atoms with Crippen LogP contribution in [0.5, 0.6) is 0 Å². The second-order valence-corrected chi connectivity index (χ2v) is 9.03. The molecule has 0 amide bonds. The van der Waals surface area contributed by atoms with Crippen molar-refractivity contribution in [3.05, 3.63) is 96.1 Å². The van der Waals surface area contributed by atoms with Gasteiger partial charge >= 0.3 is 16.1 Å². The van der Waals surface area contributed by atoms with Gasteiger partial charge in [-0.3, -0.25) is 0 Å². The smallest absolute Gasteiger partial charge is 0.216 e. The average molecular weight is 423 g/mol. The Bertz CT molecular complexity index is 1130. The van der Waals surface area contributed by atoms with Crippen LogP contribution in [0.3, 0.4) is 0 Å². The summed E-state index contributed by atoms with van der Waals surface area (Å²) in [6.45, 7) is 0. The Labute approximate surface area is 169 Å². The molecule has 0 aliphatic heterocycles. The molecule has 5 nitrogen and oxygen atoms in total. The molecule has 0 bridgehead atoms. The van der Waals surface area contributed by atoms with E-state index in [2.05, 4.69) is 5.32 Å². The number of hydrogen-bond donors (Lipinski definition) is 3. The molecule has 0 saturated carbocycles. The highest BCUT2D eigenvalue weighted by Crippen LogP contribution is 2.44. The standard InChI is InChI=1S/C22H17NO4P2/c24-28(25)21(19-11-9-15-5-1-3-7-17(15)13-19)23-22(29(26)27)20-12-10-16-6-2-4-8-18(16)14-20/h1-14,21-23H/p+2/t21-,22-/m1/s1. The number of rotatable bonds is 6. The van der Waals surface area contributed by atoms with Crippen LogP contribution in [0.2, 0.25) is 0 Å². The van der Waals surface area contributed by atoms with Crippen LogP contribution in [-0.4, -0.2) is 9.79 Å². The largest absolute Gasteiger partial charge is 0.529 e. The van der Waals surface area contributed by atoms with Crippen molar-refractivity contribution >= 4 is 37.6 Å². The van der Waals surface area contributed by atoms with Gasteiger partial charge in [-0.2, -0.15) is 9.79 Å². The molecule has 0 fully saturated rings. The second kappa shape index (κ2) is 8.46. The van der Waals surface area contributed by atoms with Gasteiger partial charge in [0.2, 0.25) is 0 Å². The molecule has 7 heteroatoms. The number of nitrogens with one attached hydrogen (secondary N) is 1. The average Bonchev–Trinajstić information content (AvgIpc) is 2.73. The zero-order valence-electron chi connectivity index (χ0n) is 15.3. The zero-order valence-corrected chi connectivity index (χ0v) is 17.1. The van der Waals surface area contributed by atoms with Crippen molar-refractivity contribution in [3.8, 4) is 0 Å². The van der Waals surface area contributed by atoms with Gasteiger partial charge in [0.25, 0.3) is 11.6 Å². The Morgan fingerprint density at radius 3 is 1.34 bits per heavy atom. The monoisotopic (exact) mass is 423 g/mol. The SMILES string of the molecule is O=[P+](O)[C@@H](N[C@@H](c1ccc2ccccc2c1)[P+](=O)O)c1ccc2ccccc2c1. The fourth-order valence-electron chi connectivity index (χ4n) is 3.48. The lowest BCUT2D eigenvalue weighted by molar-refractivity contribution is 0.450. The minimum Gasteiger partial charge on any atom is -0.216 e. The van der Waals surface area contributed by atoms with E-state index < -0.39 is 27.6 Å². The van der Waals surface area contributed by atoms with Crippen LogP contribution in [0.1, 0.15) is 22.7 Å². The van der Waals surface area contributed by atoms with Gasteiger partial charge in [0.15, 0.2) is 0 Å². The Balaban J connectivity index is 1.71. The van der Waals surface area contributed by atoms with Gasteiger partial charge in [0.05, 0.1) is 0 Å². The predicted octanol–water partition coefficient (Wildman–Crippen LogP) is 5.75. The molecule has 4 atom stereocenters. The third kappa shape index (κ3) is 4.25. The summed E-state index contributed by atoms with van der Waals surface area (Å²) < 4.78 is 24.3. The lowest BCUT2D eigenvalue weighted by Crippen LogP contribution is -2.22. The van der Waals surface area contributed by atoms with Crippen LogP contribution in [0.25, 0.3) is 21.5 Å². The van der Waals surface area contributed by atoms with E-state index in [-0.39, 0.29) is 0 Å². The van der Waals surface area contributed by atoms with Crippen LogP contribution in [0, 0.1) is 0 Å². The molecule has 4 rings (SSSR count). The van der Waals surface area contributed by atoms with Crippen molar-refractivity contribution in [1.29, 1.82) is 0 Å². The van der Waals surface area contributed by atoms with E-state index in [9.17, 15) is 18.9 Å². The second-order valence-electron chi connectivity index (χ2n) is 6.79. The molecule has 144 valence electrons. The Morgan fingerprint density at radius 1 is 0.586 bits per heavy atom. The van der Waals surface area contributed by atoms with Crippen molar-refractivity contribution in [2.75, 3.05) is 0 Å². The molecule has 0 spiro atoms. The van der Waals surface area contributed by atoms with Gasteiger partial charge in [-0.1, -0.05) is 72.8 Å². The molecule has 0 saturated heterocycles. The molecule has 4 aromatic rings. The maximum Gasteiger partial charge on any atom is 0.529 e. The molecule has 3 N–H and O–H groups in total. The van der Waals surface area contributed by atoms with Crippen LogP contribution in [-0.2, 0) is 9.13 Å². The molecule has 0 aliphatic carbocycles. The van der Waals surface area contributed by atoms with E-state index in [1.54, 1.807) is 12.1 Å². The normalized spacial score (nSPS) is 14.6. The molecule has 4 aromatic carbocycles. The van der Waals surface area contributed by atoms with E-state index >= 15 is 0 Å². The molecular weight excluding hydrogens is 404 g/mol. The maximum atomic E-state index is 12.1. The highest BCUT2D eigenvalue weighted by atomic mass is 31.1. The first-order chi connectivity index (χ1) is 14.0. The summed E-state index contributed by atoms with van der Waals surface area (Å²) in [4.78, 5) is 19.9. The molecule has 0 heterocycles. The summed E-state index contributed by atoms with van der Waals surface area (Å²) in [7, 11) is -5.36. The molecule has 0 radical (unpaired) electrons. The molecular formula is C22H19NO4P2+2. The first-order valence-electron chi connectivity index (χ1n) is 9.07. The lowest BCUT2D eigenvalue weighted by Gasteiger charge is -2.12. The van der Waals surface area contributed by atoms with Crippen LogP contribution < -0.4 is 5.32 Å². The Kier molecular flexibility index (Phi) is 5.77. The summed E-state index contributed by atoms with van der Waals surface area (Å²) in [6, 6.07) is 26.4. The third-order valence-electron chi connectivity index (χ3n) is 4.94. The summed E-state index contributed by atoms with van der Waals surface area (Å²) >= 11 is 0. The van der Waals surface area contributed by atoms with E-state index in [1.165, 1.54) is 0 Å². The van der Waals surface area contributed by atoms with E-state index in [4.69, 9.17) is 0 Å². The molecule has 2 unspecified atom stereocenters. The third-order valence-corrected chi connectivity index (χ3v) is 6.71. The highest BCUT2D eigenvalue weighted by molar-refractivity contribution is 7.39. The van der Waals surface area contributed by atoms with E-state index in [1.807, 2.05) is 72.8 Å². The number of benzene rings is 4. The van der Waals surface area contributed by atoms with Crippen molar-refractivity contribution in [1.82, 2.24) is 5.32 Å². The van der Waals surface area contributed by atoms with E-state index in [0.29, 0.717) is 11.1 Å². The van der Waals surface area contributed by atoms with Crippen molar-refractivity contribution in [3.63, 3.8) is 0 Å². The first-order valence-corrected chi connectivity index (χ1v) is 11.6.